The zero-order valence-corrected chi connectivity index (χ0v) is 14.1. The third kappa shape index (κ3) is 3.58. The number of hydrogen-bond acceptors (Lipinski definition) is 4. The van der Waals surface area contributed by atoms with Gasteiger partial charge in [-0.1, -0.05) is 25.4 Å². The van der Waals surface area contributed by atoms with Crippen LogP contribution in [0.1, 0.15) is 33.6 Å². The van der Waals surface area contributed by atoms with Gasteiger partial charge in [0.25, 0.3) is 5.56 Å². The Bertz CT molecular complexity index is 547. The average molecular weight is 313 g/mol. The second-order valence-electron chi connectivity index (χ2n) is 6.52. The van der Waals surface area contributed by atoms with Gasteiger partial charge in [-0.25, -0.2) is 4.68 Å². The molecule has 0 bridgehead atoms. The van der Waals surface area contributed by atoms with Gasteiger partial charge in [-0.05, 0) is 32.7 Å². The van der Waals surface area contributed by atoms with Crippen LogP contribution in [0.15, 0.2) is 11.0 Å². The van der Waals surface area contributed by atoms with Crippen LogP contribution < -0.4 is 15.8 Å². The molecule has 0 radical (unpaired) electrons. The molecule has 0 saturated carbocycles. The Morgan fingerprint density at radius 3 is 2.57 bits per heavy atom. The number of anilines is 1. The van der Waals surface area contributed by atoms with Gasteiger partial charge in [0.1, 0.15) is 5.02 Å². The fourth-order valence-electron chi connectivity index (χ4n) is 2.64. The molecule has 0 unspecified atom stereocenters. The summed E-state index contributed by atoms with van der Waals surface area (Å²) in [6, 6.07) is 0. The van der Waals surface area contributed by atoms with E-state index in [4.69, 9.17) is 11.6 Å². The standard InChI is InChI=1S/C15H25ClN4O/c1-11(2)10-20-14(21)13(16)12(9-18-20)19-7-5-15(3,17-4)6-8-19/h9,11,17H,5-8,10H2,1-4H3. The van der Waals surface area contributed by atoms with Crippen LogP contribution in [0.25, 0.3) is 0 Å². The van der Waals surface area contributed by atoms with Crippen LogP contribution in [0.2, 0.25) is 5.02 Å². The first-order chi connectivity index (χ1) is 9.86. The Balaban J connectivity index is 2.19. The number of hydrogen-bond donors (Lipinski definition) is 1. The Kier molecular flexibility index (Phi) is 4.94. The maximum atomic E-state index is 12.3. The van der Waals surface area contributed by atoms with Crippen LogP contribution in [0.5, 0.6) is 0 Å². The molecule has 2 heterocycles. The zero-order chi connectivity index (χ0) is 15.6. The summed E-state index contributed by atoms with van der Waals surface area (Å²) in [4.78, 5) is 14.4. The van der Waals surface area contributed by atoms with Gasteiger partial charge in [-0.2, -0.15) is 5.10 Å². The number of nitrogens with one attached hydrogen (secondary N) is 1. The molecule has 5 nitrogen and oxygen atoms in total. The number of halogens is 1. The second-order valence-corrected chi connectivity index (χ2v) is 6.90. The van der Waals surface area contributed by atoms with Gasteiger partial charge in [-0.3, -0.25) is 4.79 Å². The minimum absolute atomic E-state index is 0.170. The van der Waals surface area contributed by atoms with Gasteiger partial charge in [0.2, 0.25) is 0 Å². The Morgan fingerprint density at radius 2 is 2.05 bits per heavy atom. The van der Waals surface area contributed by atoms with E-state index in [9.17, 15) is 4.79 Å². The fraction of sp³-hybridized carbons (Fsp3) is 0.733. The minimum Gasteiger partial charge on any atom is -0.369 e. The first-order valence-corrected chi connectivity index (χ1v) is 7.93. The molecule has 21 heavy (non-hydrogen) atoms. The van der Waals surface area contributed by atoms with Gasteiger partial charge in [0.15, 0.2) is 0 Å². The fourth-order valence-corrected chi connectivity index (χ4v) is 2.91. The van der Waals surface area contributed by atoms with Crippen LogP contribution in [-0.4, -0.2) is 35.5 Å². The maximum absolute atomic E-state index is 12.3. The van der Waals surface area contributed by atoms with E-state index < -0.39 is 0 Å². The van der Waals surface area contributed by atoms with Crippen molar-refractivity contribution in [3.8, 4) is 0 Å². The summed E-state index contributed by atoms with van der Waals surface area (Å²) in [6.45, 7) is 8.69. The van der Waals surface area contributed by atoms with E-state index in [1.165, 1.54) is 4.68 Å². The van der Waals surface area contributed by atoms with Crippen LogP contribution in [0, 0.1) is 5.92 Å². The molecule has 1 aliphatic rings. The van der Waals surface area contributed by atoms with Crippen molar-refractivity contribution in [3.63, 3.8) is 0 Å². The molecule has 0 amide bonds. The van der Waals surface area contributed by atoms with Gasteiger partial charge >= 0.3 is 0 Å². The first-order valence-electron chi connectivity index (χ1n) is 7.56. The molecule has 118 valence electrons. The molecule has 1 N–H and O–H groups in total. The Hall–Kier alpha value is -1.07. The summed E-state index contributed by atoms with van der Waals surface area (Å²) < 4.78 is 1.46. The minimum atomic E-state index is -0.190. The van der Waals surface area contributed by atoms with E-state index in [0.29, 0.717) is 17.5 Å². The summed E-state index contributed by atoms with van der Waals surface area (Å²) >= 11 is 6.29. The maximum Gasteiger partial charge on any atom is 0.287 e. The number of rotatable bonds is 4. The molecule has 1 fully saturated rings. The van der Waals surface area contributed by atoms with E-state index in [-0.39, 0.29) is 11.1 Å². The van der Waals surface area contributed by atoms with Gasteiger partial charge < -0.3 is 10.2 Å². The Morgan fingerprint density at radius 1 is 1.43 bits per heavy atom. The van der Waals surface area contributed by atoms with Crippen molar-refractivity contribution in [2.75, 3.05) is 25.0 Å². The van der Waals surface area contributed by atoms with E-state index in [1.807, 2.05) is 7.05 Å². The van der Waals surface area contributed by atoms with Crippen LogP contribution in [-0.2, 0) is 6.54 Å². The first kappa shape index (κ1) is 16.3. The summed E-state index contributed by atoms with van der Waals surface area (Å²) in [7, 11) is 2.00. The molecule has 0 aromatic carbocycles. The zero-order valence-electron chi connectivity index (χ0n) is 13.3. The van der Waals surface area contributed by atoms with Crippen molar-refractivity contribution in [3.05, 3.63) is 21.6 Å². The molecule has 6 heteroatoms. The topological polar surface area (TPSA) is 50.2 Å². The molecular formula is C15H25ClN4O. The predicted octanol–water partition coefficient (Wildman–Crippen LogP) is 2.13. The molecule has 1 aromatic rings. The van der Waals surface area contributed by atoms with E-state index in [1.54, 1.807) is 6.20 Å². The highest BCUT2D eigenvalue weighted by atomic mass is 35.5. The van der Waals surface area contributed by atoms with Crippen molar-refractivity contribution >= 4 is 17.3 Å². The quantitative estimate of drug-likeness (QED) is 0.925. The smallest absolute Gasteiger partial charge is 0.287 e. The lowest BCUT2D eigenvalue weighted by Gasteiger charge is -2.40. The van der Waals surface area contributed by atoms with Gasteiger partial charge in [0.05, 0.1) is 11.9 Å². The SMILES string of the molecule is CNC1(C)CCN(c2cnn(CC(C)C)c(=O)c2Cl)CC1. The van der Waals surface area contributed by atoms with Crippen molar-refractivity contribution in [1.29, 1.82) is 0 Å². The number of nitrogens with zero attached hydrogens (tertiary/aromatic N) is 3. The summed E-state index contributed by atoms with van der Waals surface area (Å²) in [6.07, 6.45) is 3.78. The highest BCUT2D eigenvalue weighted by molar-refractivity contribution is 6.33. The lowest BCUT2D eigenvalue weighted by molar-refractivity contribution is 0.305. The molecule has 1 aliphatic heterocycles. The largest absolute Gasteiger partial charge is 0.369 e. The van der Waals surface area contributed by atoms with Crippen LogP contribution >= 0.6 is 11.6 Å². The summed E-state index contributed by atoms with van der Waals surface area (Å²) in [5.74, 6) is 0.364. The second kappa shape index (κ2) is 6.36. The third-order valence-electron chi connectivity index (χ3n) is 4.32. The predicted molar refractivity (Wildman–Crippen MR) is 87.3 cm³/mol. The molecule has 0 aliphatic carbocycles. The third-order valence-corrected chi connectivity index (χ3v) is 4.67. The molecule has 1 aromatic heterocycles. The summed E-state index contributed by atoms with van der Waals surface area (Å²) in [5.41, 5.74) is 0.743. The molecule has 1 saturated heterocycles. The lowest BCUT2D eigenvalue weighted by atomic mass is 9.90. The van der Waals surface area contributed by atoms with Crippen LogP contribution in [0.4, 0.5) is 5.69 Å². The highest BCUT2D eigenvalue weighted by Crippen LogP contribution is 2.28. The molecular weight excluding hydrogens is 288 g/mol. The number of aromatic nitrogens is 2. The molecule has 0 atom stereocenters. The molecule has 2 rings (SSSR count). The normalized spacial score (nSPS) is 18.3. The summed E-state index contributed by atoms with van der Waals surface area (Å²) in [5, 5.41) is 7.93. The van der Waals surface area contributed by atoms with Crippen molar-refractivity contribution in [1.82, 2.24) is 15.1 Å². The van der Waals surface area contributed by atoms with Gasteiger partial charge in [-0.15, -0.1) is 0 Å². The van der Waals surface area contributed by atoms with Crippen molar-refractivity contribution in [2.45, 2.75) is 45.7 Å². The number of piperidine rings is 1. The molecule has 0 spiro atoms. The van der Waals surface area contributed by atoms with Gasteiger partial charge in [0, 0.05) is 25.2 Å². The Labute approximate surface area is 131 Å². The van der Waals surface area contributed by atoms with E-state index in [0.717, 1.165) is 31.6 Å². The monoisotopic (exact) mass is 312 g/mol. The van der Waals surface area contributed by atoms with Crippen molar-refractivity contribution in [2.24, 2.45) is 5.92 Å². The van der Waals surface area contributed by atoms with E-state index >= 15 is 0 Å². The van der Waals surface area contributed by atoms with E-state index in [2.05, 4.69) is 36.1 Å². The highest BCUT2D eigenvalue weighted by Gasteiger charge is 2.29. The lowest BCUT2D eigenvalue weighted by Crippen LogP contribution is -2.50. The van der Waals surface area contributed by atoms with Crippen molar-refractivity contribution < 1.29 is 0 Å². The average Bonchev–Trinajstić information content (AvgIpc) is 2.45. The van der Waals surface area contributed by atoms with Crippen LogP contribution in [0.3, 0.4) is 0 Å².